The van der Waals surface area contributed by atoms with Gasteiger partial charge in [-0.15, -0.1) is 0 Å². The van der Waals surface area contributed by atoms with Gasteiger partial charge in [-0.3, -0.25) is 4.99 Å². The zero-order valence-electron chi connectivity index (χ0n) is 16.0. The fourth-order valence-corrected chi connectivity index (χ4v) is 3.73. The van der Waals surface area contributed by atoms with Crippen molar-refractivity contribution < 1.29 is 10.2 Å². The van der Waals surface area contributed by atoms with E-state index in [1.807, 2.05) is 72.8 Å². The first-order valence-corrected chi connectivity index (χ1v) is 9.63. The molecule has 4 aromatic carbocycles. The van der Waals surface area contributed by atoms with Crippen molar-refractivity contribution in [3.63, 3.8) is 0 Å². The van der Waals surface area contributed by atoms with Crippen LogP contribution in [0.1, 0.15) is 5.69 Å². The van der Waals surface area contributed by atoms with Gasteiger partial charge in [-0.05, 0) is 52.6 Å². The Morgan fingerprint density at radius 2 is 1.47 bits per heavy atom. The number of hydrogen-bond acceptors (Lipinski definition) is 4. The molecule has 0 spiro atoms. The second-order valence-corrected chi connectivity index (χ2v) is 7.04. The molecule has 4 heteroatoms. The van der Waals surface area contributed by atoms with Crippen LogP contribution in [0, 0.1) is 0 Å². The minimum atomic E-state index is 0.185. The summed E-state index contributed by atoms with van der Waals surface area (Å²) < 4.78 is 0. The molecule has 0 radical (unpaired) electrons. The van der Waals surface area contributed by atoms with Crippen LogP contribution in [0.3, 0.4) is 0 Å². The molecule has 0 aliphatic carbocycles. The Morgan fingerprint density at radius 3 is 2.37 bits per heavy atom. The molecule has 0 aliphatic rings. The van der Waals surface area contributed by atoms with E-state index >= 15 is 0 Å². The Bertz CT molecular complexity index is 1420. The molecule has 0 aliphatic heterocycles. The molecule has 0 saturated carbocycles. The summed E-state index contributed by atoms with van der Waals surface area (Å²) in [7, 11) is 0. The van der Waals surface area contributed by atoms with E-state index in [1.165, 1.54) is 0 Å². The Labute approximate surface area is 173 Å². The van der Waals surface area contributed by atoms with E-state index in [4.69, 9.17) is 0 Å². The monoisotopic (exact) mass is 390 g/mol. The summed E-state index contributed by atoms with van der Waals surface area (Å²) >= 11 is 0. The number of para-hydroxylation sites is 1. The second-order valence-electron chi connectivity index (χ2n) is 7.04. The highest BCUT2D eigenvalue weighted by Gasteiger charge is 2.09. The van der Waals surface area contributed by atoms with Crippen molar-refractivity contribution in [2.75, 3.05) is 0 Å². The Balaban J connectivity index is 1.59. The van der Waals surface area contributed by atoms with Crippen molar-refractivity contribution in [2.45, 2.75) is 0 Å². The van der Waals surface area contributed by atoms with Crippen LogP contribution in [-0.2, 0) is 0 Å². The molecule has 0 saturated heterocycles. The number of fused-ring (bicyclic) bond motifs is 3. The first kappa shape index (κ1) is 17.9. The number of phenols is 2. The molecular formula is C26H18N2O2. The molecule has 0 fully saturated rings. The van der Waals surface area contributed by atoms with Gasteiger partial charge in [0.25, 0.3) is 0 Å². The summed E-state index contributed by atoms with van der Waals surface area (Å²) in [4.78, 5) is 9.22. The number of nitrogens with zero attached hydrogens (tertiary/aromatic N) is 2. The molecule has 1 aromatic heterocycles. The van der Waals surface area contributed by atoms with E-state index in [-0.39, 0.29) is 11.5 Å². The lowest BCUT2D eigenvalue weighted by atomic mass is 10.00. The molecule has 0 unspecified atom stereocenters. The fraction of sp³-hybridized carbons (Fsp3) is 0. The summed E-state index contributed by atoms with van der Waals surface area (Å²) in [5.74, 6) is 0.386. The lowest BCUT2D eigenvalue weighted by Gasteiger charge is -2.09. The number of hydrogen-bond donors (Lipinski definition) is 2. The van der Waals surface area contributed by atoms with Crippen LogP contribution in [0.2, 0.25) is 0 Å². The van der Waals surface area contributed by atoms with Gasteiger partial charge in [0, 0.05) is 10.9 Å². The molecule has 2 N–H and O–H groups in total. The molecule has 0 amide bonds. The van der Waals surface area contributed by atoms with Gasteiger partial charge in [0.2, 0.25) is 0 Å². The summed E-state index contributed by atoms with van der Waals surface area (Å²) in [6.07, 6.45) is 1.67. The normalized spacial score (nSPS) is 11.5. The van der Waals surface area contributed by atoms with Crippen molar-refractivity contribution in [2.24, 2.45) is 4.99 Å². The third-order valence-corrected chi connectivity index (χ3v) is 5.13. The number of phenolic OH excluding ortho intramolecular Hbond substituents is 2. The van der Waals surface area contributed by atoms with E-state index in [0.717, 1.165) is 16.2 Å². The first-order valence-electron chi connectivity index (χ1n) is 9.63. The molecule has 30 heavy (non-hydrogen) atoms. The largest absolute Gasteiger partial charge is 0.507 e. The third-order valence-electron chi connectivity index (χ3n) is 5.13. The van der Waals surface area contributed by atoms with Gasteiger partial charge in [-0.1, -0.05) is 54.6 Å². The maximum Gasteiger partial charge on any atom is 0.126 e. The lowest BCUT2D eigenvalue weighted by Crippen LogP contribution is -1.91. The van der Waals surface area contributed by atoms with E-state index < -0.39 is 0 Å². The smallest absolute Gasteiger partial charge is 0.126 e. The van der Waals surface area contributed by atoms with Crippen molar-refractivity contribution in [1.29, 1.82) is 0 Å². The molecule has 0 bridgehead atoms. The number of aromatic nitrogens is 1. The number of aromatic hydroxyl groups is 2. The molecule has 4 nitrogen and oxygen atoms in total. The maximum absolute atomic E-state index is 10.7. The highest BCUT2D eigenvalue weighted by molar-refractivity contribution is 6.14. The average molecular weight is 390 g/mol. The van der Waals surface area contributed by atoms with Crippen LogP contribution >= 0.6 is 0 Å². The summed E-state index contributed by atoms with van der Waals surface area (Å²) in [5.41, 5.74) is 2.67. The zero-order chi connectivity index (χ0) is 20.5. The van der Waals surface area contributed by atoms with E-state index in [2.05, 4.69) is 9.98 Å². The van der Waals surface area contributed by atoms with Crippen LogP contribution in [-0.4, -0.2) is 21.4 Å². The molecule has 144 valence electrons. The number of aliphatic imine (C=N–C) groups is 1. The maximum atomic E-state index is 10.7. The molecule has 5 aromatic rings. The summed E-state index contributed by atoms with van der Waals surface area (Å²) in [5, 5.41) is 24.5. The van der Waals surface area contributed by atoms with Gasteiger partial charge < -0.3 is 10.2 Å². The van der Waals surface area contributed by atoms with Gasteiger partial charge in [0.05, 0.1) is 23.3 Å². The van der Waals surface area contributed by atoms with Crippen LogP contribution in [0.15, 0.2) is 96.0 Å². The number of benzene rings is 4. The zero-order valence-corrected chi connectivity index (χ0v) is 16.0. The minimum absolute atomic E-state index is 0.185. The summed E-state index contributed by atoms with van der Waals surface area (Å²) in [6, 6.07) is 28.2. The Morgan fingerprint density at radius 1 is 0.700 bits per heavy atom. The Hall–Kier alpha value is -4.18. The van der Waals surface area contributed by atoms with Gasteiger partial charge in [-0.2, -0.15) is 0 Å². The predicted molar refractivity (Wildman–Crippen MR) is 122 cm³/mol. The average Bonchev–Trinajstić information content (AvgIpc) is 2.78. The van der Waals surface area contributed by atoms with Crippen LogP contribution in [0.25, 0.3) is 32.8 Å². The SMILES string of the molecule is Oc1ccccc1-c1cccc(C=Nc2cccc3c2c(O)cc2ccccc23)n1. The summed E-state index contributed by atoms with van der Waals surface area (Å²) in [6.45, 7) is 0. The van der Waals surface area contributed by atoms with Gasteiger partial charge in [-0.25, -0.2) is 4.98 Å². The van der Waals surface area contributed by atoms with Gasteiger partial charge in [0.15, 0.2) is 0 Å². The number of pyridine rings is 1. The van der Waals surface area contributed by atoms with Crippen molar-refractivity contribution >= 4 is 33.4 Å². The van der Waals surface area contributed by atoms with E-state index in [0.29, 0.717) is 28.0 Å². The quantitative estimate of drug-likeness (QED) is 0.284. The van der Waals surface area contributed by atoms with E-state index in [9.17, 15) is 10.2 Å². The predicted octanol–water partition coefficient (Wildman–Crippen LogP) is 6.22. The first-order chi connectivity index (χ1) is 14.7. The molecule has 1 heterocycles. The third kappa shape index (κ3) is 3.14. The van der Waals surface area contributed by atoms with Crippen molar-refractivity contribution in [3.05, 3.63) is 96.7 Å². The standard InChI is InChI=1S/C26H18N2O2/c29-24-14-4-3-10-21(24)22-12-5-8-18(28-22)16-27-23-13-6-11-20-19-9-2-1-7-17(19)15-25(30)26(20)23/h1-16,29-30H. The van der Waals surface area contributed by atoms with Crippen molar-refractivity contribution in [1.82, 2.24) is 4.98 Å². The topological polar surface area (TPSA) is 65.7 Å². The fourth-order valence-electron chi connectivity index (χ4n) is 3.73. The van der Waals surface area contributed by atoms with E-state index in [1.54, 1.807) is 24.4 Å². The van der Waals surface area contributed by atoms with Gasteiger partial charge >= 0.3 is 0 Å². The molecule has 5 rings (SSSR count). The minimum Gasteiger partial charge on any atom is -0.507 e. The van der Waals surface area contributed by atoms with Crippen LogP contribution in [0.5, 0.6) is 11.5 Å². The number of rotatable bonds is 3. The second kappa shape index (κ2) is 7.33. The van der Waals surface area contributed by atoms with Crippen LogP contribution in [0.4, 0.5) is 5.69 Å². The lowest BCUT2D eigenvalue weighted by molar-refractivity contribution is 0.477. The van der Waals surface area contributed by atoms with Crippen LogP contribution < -0.4 is 0 Å². The van der Waals surface area contributed by atoms with Gasteiger partial charge in [0.1, 0.15) is 11.5 Å². The Kier molecular flexibility index (Phi) is 4.37. The molecular weight excluding hydrogens is 372 g/mol. The highest BCUT2D eigenvalue weighted by Crippen LogP contribution is 2.38. The highest BCUT2D eigenvalue weighted by atomic mass is 16.3. The van der Waals surface area contributed by atoms with Crippen molar-refractivity contribution in [3.8, 4) is 22.8 Å². The molecule has 0 atom stereocenters.